The van der Waals surface area contributed by atoms with Crippen molar-refractivity contribution in [2.24, 2.45) is 0 Å². The number of benzene rings is 2. The molecule has 2 rings (SSSR count). The number of hydrogen-bond donors (Lipinski definition) is 1. The highest BCUT2D eigenvalue weighted by Crippen LogP contribution is 2.21. The van der Waals surface area contributed by atoms with E-state index in [1.807, 2.05) is 6.92 Å². The van der Waals surface area contributed by atoms with E-state index in [2.05, 4.69) is 5.32 Å². The summed E-state index contributed by atoms with van der Waals surface area (Å²) in [7, 11) is 1.05. The molecule has 0 unspecified atom stereocenters. The van der Waals surface area contributed by atoms with Crippen LogP contribution in [-0.2, 0) is 14.8 Å². The minimum atomic E-state index is -3.47. The average molecular weight is 437 g/mol. The van der Waals surface area contributed by atoms with E-state index < -0.39 is 16.1 Å². The maximum Gasteiger partial charge on any atom is 0.261 e. The highest BCUT2D eigenvalue weighted by molar-refractivity contribution is 7.89. The van der Waals surface area contributed by atoms with Crippen LogP contribution < -0.4 is 19.5 Å². The number of rotatable bonds is 11. The van der Waals surface area contributed by atoms with Crippen molar-refractivity contribution in [3.63, 3.8) is 0 Å². The van der Waals surface area contributed by atoms with Crippen LogP contribution in [0.5, 0.6) is 17.2 Å². The van der Waals surface area contributed by atoms with Crippen LogP contribution >= 0.6 is 0 Å². The molecular formula is C21H28N2O6S. The van der Waals surface area contributed by atoms with Gasteiger partial charge < -0.3 is 19.5 Å². The molecular weight excluding hydrogens is 408 g/mol. The maximum absolute atomic E-state index is 12.4. The smallest absolute Gasteiger partial charge is 0.261 e. The zero-order valence-corrected chi connectivity index (χ0v) is 18.4. The molecule has 0 radical (unpaired) electrons. The monoisotopic (exact) mass is 436 g/mol. The van der Waals surface area contributed by atoms with Crippen LogP contribution in [0, 0.1) is 0 Å². The second-order valence-corrected chi connectivity index (χ2v) is 8.74. The maximum atomic E-state index is 12.4. The number of methoxy groups -OCH3 is 1. The van der Waals surface area contributed by atoms with Gasteiger partial charge in [0, 0.05) is 20.2 Å². The van der Waals surface area contributed by atoms with E-state index in [0.29, 0.717) is 23.7 Å². The molecule has 164 valence electrons. The first kappa shape index (κ1) is 23.5. The largest absolute Gasteiger partial charge is 0.497 e. The number of nitrogens with zero attached hydrogens (tertiary/aromatic N) is 1. The molecule has 0 aliphatic rings. The predicted octanol–water partition coefficient (Wildman–Crippen LogP) is 2.30. The highest BCUT2D eigenvalue weighted by atomic mass is 32.2. The number of carbonyl (C=O) groups is 1. The van der Waals surface area contributed by atoms with Gasteiger partial charge in [-0.2, -0.15) is 0 Å². The molecule has 2 aromatic rings. The third-order valence-electron chi connectivity index (χ3n) is 4.26. The van der Waals surface area contributed by atoms with E-state index in [1.54, 1.807) is 43.5 Å². The zero-order valence-electron chi connectivity index (χ0n) is 17.6. The molecule has 0 aliphatic carbocycles. The first-order valence-corrected chi connectivity index (χ1v) is 11.0. The summed E-state index contributed by atoms with van der Waals surface area (Å²) in [6.07, 6.45) is -0.126. The normalized spacial score (nSPS) is 12.3. The molecule has 2 aromatic carbocycles. The van der Waals surface area contributed by atoms with Gasteiger partial charge >= 0.3 is 0 Å². The Balaban J connectivity index is 1.81. The fraction of sp³-hybridized carbons (Fsp3) is 0.381. The van der Waals surface area contributed by atoms with E-state index in [1.165, 1.54) is 26.2 Å². The molecule has 0 heterocycles. The number of ether oxygens (including phenoxy) is 3. The van der Waals surface area contributed by atoms with Gasteiger partial charge in [-0.15, -0.1) is 0 Å². The van der Waals surface area contributed by atoms with Crippen molar-refractivity contribution < 1.29 is 27.4 Å². The van der Waals surface area contributed by atoms with Crippen LogP contribution in [0.3, 0.4) is 0 Å². The molecule has 1 atom stereocenters. The lowest BCUT2D eigenvalue weighted by molar-refractivity contribution is -0.128. The van der Waals surface area contributed by atoms with Crippen LogP contribution in [0.4, 0.5) is 0 Å². The van der Waals surface area contributed by atoms with Crippen molar-refractivity contribution in [2.45, 2.75) is 24.3 Å². The fourth-order valence-corrected chi connectivity index (χ4v) is 3.44. The fourth-order valence-electron chi connectivity index (χ4n) is 2.54. The second kappa shape index (κ2) is 10.8. The summed E-state index contributed by atoms with van der Waals surface area (Å²) in [5.41, 5.74) is 0. The molecule has 9 heteroatoms. The summed E-state index contributed by atoms with van der Waals surface area (Å²) in [5, 5.41) is 2.78. The van der Waals surface area contributed by atoms with Gasteiger partial charge in [-0.05, 0) is 42.8 Å². The third kappa shape index (κ3) is 6.36. The van der Waals surface area contributed by atoms with Crippen molar-refractivity contribution in [3.8, 4) is 17.2 Å². The molecule has 0 fully saturated rings. The summed E-state index contributed by atoms with van der Waals surface area (Å²) in [6.45, 7) is 2.39. The standard InChI is InChI=1S/C21H28N2O6S/c1-5-20(29-18-8-6-7-17(15-18)27-4)21(24)22-13-14-28-16-9-11-19(12-10-16)30(25,26)23(2)3/h6-12,15,20H,5,13-14H2,1-4H3,(H,22,24)/t20-/m1/s1. The first-order chi connectivity index (χ1) is 14.3. The Labute approximate surface area is 177 Å². The van der Waals surface area contributed by atoms with E-state index in [-0.39, 0.29) is 24.0 Å². The van der Waals surface area contributed by atoms with Gasteiger partial charge in [-0.3, -0.25) is 4.79 Å². The quantitative estimate of drug-likeness (QED) is 0.543. The van der Waals surface area contributed by atoms with E-state index in [0.717, 1.165) is 4.31 Å². The summed E-state index contributed by atoms with van der Waals surface area (Å²) in [5.74, 6) is 1.49. The number of sulfonamides is 1. The Hall–Kier alpha value is -2.78. The van der Waals surface area contributed by atoms with Gasteiger partial charge in [0.15, 0.2) is 6.10 Å². The van der Waals surface area contributed by atoms with E-state index >= 15 is 0 Å². The molecule has 0 aliphatic heterocycles. The van der Waals surface area contributed by atoms with Gasteiger partial charge in [-0.1, -0.05) is 13.0 Å². The SMILES string of the molecule is CC[C@@H](Oc1cccc(OC)c1)C(=O)NCCOc1ccc(S(=O)(=O)N(C)C)cc1. The second-order valence-electron chi connectivity index (χ2n) is 6.59. The molecule has 8 nitrogen and oxygen atoms in total. The van der Waals surface area contributed by atoms with Crippen LogP contribution in [-0.4, -0.2) is 59.1 Å². The molecule has 0 aromatic heterocycles. The minimum Gasteiger partial charge on any atom is -0.497 e. The summed E-state index contributed by atoms with van der Waals surface area (Å²) in [6, 6.07) is 13.2. The molecule has 1 amide bonds. The lowest BCUT2D eigenvalue weighted by Gasteiger charge is -2.18. The number of nitrogens with one attached hydrogen (secondary N) is 1. The Morgan fingerprint density at radius 3 is 2.33 bits per heavy atom. The number of carbonyl (C=O) groups excluding carboxylic acids is 1. The van der Waals surface area contributed by atoms with Gasteiger partial charge in [-0.25, -0.2) is 12.7 Å². The van der Waals surface area contributed by atoms with Crippen LogP contribution in [0.2, 0.25) is 0 Å². The topological polar surface area (TPSA) is 94.2 Å². The summed E-state index contributed by atoms with van der Waals surface area (Å²) >= 11 is 0. The molecule has 0 bridgehead atoms. The Morgan fingerprint density at radius 1 is 1.07 bits per heavy atom. The highest BCUT2D eigenvalue weighted by Gasteiger charge is 2.19. The van der Waals surface area contributed by atoms with Gasteiger partial charge in [0.2, 0.25) is 10.0 Å². The lowest BCUT2D eigenvalue weighted by Crippen LogP contribution is -2.39. The van der Waals surface area contributed by atoms with Gasteiger partial charge in [0.25, 0.3) is 5.91 Å². The van der Waals surface area contributed by atoms with Crippen LogP contribution in [0.1, 0.15) is 13.3 Å². The third-order valence-corrected chi connectivity index (χ3v) is 6.08. The van der Waals surface area contributed by atoms with Crippen molar-refractivity contribution >= 4 is 15.9 Å². The summed E-state index contributed by atoms with van der Waals surface area (Å²) in [4.78, 5) is 12.6. The average Bonchev–Trinajstić information content (AvgIpc) is 2.75. The van der Waals surface area contributed by atoms with Crippen molar-refractivity contribution in [3.05, 3.63) is 48.5 Å². The minimum absolute atomic E-state index is 0.189. The van der Waals surface area contributed by atoms with Crippen LogP contribution in [0.25, 0.3) is 0 Å². The Kier molecular flexibility index (Phi) is 8.49. The number of hydrogen-bond acceptors (Lipinski definition) is 6. The zero-order chi connectivity index (χ0) is 22.1. The van der Waals surface area contributed by atoms with Crippen LogP contribution in [0.15, 0.2) is 53.4 Å². The molecule has 0 spiro atoms. The van der Waals surface area contributed by atoms with E-state index in [9.17, 15) is 13.2 Å². The lowest BCUT2D eigenvalue weighted by atomic mass is 10.2. The summed E-state index contributed by atoms with van der Waals surface area (Å²) < 4.78 is 41.7. The Bertz CT molecular complexity index is 929. The molecule has 1 N–H and O–H groups in total. The molecule has 0 saturated carbocycles. The van der Waals surface area contributed by atoms with Crippen molar-refractivity contribution in [1.82, 2.24) is 9.62 Å². The van der Waals surface area contributed by atoms with E-state index in [4.69, 9.17) is 14.2 Å². The Morgan fingerprint density at radius 2 is 1.73 bits per heavy atom. The molecule has 30 heavy (non-hydrogen) atoms. The van der Waals surface area contributed by atoms with Crippen molar-refractivity contribution in [1.29, 1.82) is 0 Å². The van der Waals surface area contributed by atoms with Gasteiger partial charge in [0.1, 0.15) is 23.9 Å². The van der Waals surface area contributed by atoms with Gasteiger partial charge in [0.05, 0.1) is 18.6 Å². The predicted molar refractivity (Wildman–Crippen MR) is 114 cm³/mol. The first-order valence-electron chi connectivity index (χ1n) is 9.51. The number of amides is 1. The van der Waals surface area contributed by atoms with Crippen molar-refractivity contribution in [2.75, 3.05) is 34.4 Å². The molecule has 0 saturated heterocycles.